The molecule has 0 saturated heterocycles. The lowest BCUT2D eigenvalue weighted by molar-refractivity contribution is 0.126. The molecule has 22 heavy (non-hydrogen) atoms. The minimum absolute atomic E-state index is 0.191. The monoisotopic (exact) mass is 337 g/mol. The lowest BCUT2D eigenvalue weighted by Crippen LogP contribution is -2.16. The molecule has 1 fully saturated rings. The smallest absolute Gasteiger partial charge is 0.148 e. The van der Waals surface area contributed by atoms with E-state index < -0.39 is 0 Å². The number of rotatable bonds is 4. The number of hydrogen-bond donors (Lipinski definition) is 0. The zero-order valence-electron chi connectivity index (χ0n) is 12.1. The zero-order chi connectivity index (χ0) is 15.4. The second-order valence-electron chi connectivity index (χ2n) is 5.34. The summed E-state index contributed by atoms with van der Waals surface area (Å²) in [4.78, 5) is 3.95. The van der Waals surface area contributed by atoms with E-state index in [0.717, 1.165) is 12.8 Å². The van der Waals surface area contributed by atoms with Crippen molar-refractivity contribution in [1.29, 1.82) is 0 Å². The molecule has 0 spiro atoms. The van der Waals surface area contributed by atoms with E-state index >= 15 is 0 Å². The molecule has 0 atom stereocenters. The van der Waals surface area contributed by atoms with Crippen LogP contribution in [-0.4, -0.2) is 20.9 Å². The molecule has 1 aromatic heterocycles. The molecule has 0 aliphatic heterocycles. The summed E-state index contributed by atoms with van der Waals surface area (Å²) in [7, 11) is 0. The molecule has 1 aliphatic carbocycles. The van der Waals surface area contributed by atoms with Crippen LogP contribution in [-0.2, 0) is 4.74 Å². The molecule has 4 nitrogen and oxygen atoms in total. The standard InChI is InChI=1S/C16H17Cl2N3O/c17-13-7-4-8-14(18)16(13)15(9-21-11-19-10-20-21)22-12-5-2-1-3-6-12/h4,7-12H,1-3,5-6H2/b15-9-. The van der Waals surface area contributed by atoms with Crippen molar-refractivity contribution in [3.8, 4) is 0 Å². The maximum Gasteiger partial charge on any atom is 0.148 e. The first kappa shape index (κ1) is 15.4. The Labute approximate surface area is 139 Å². The first-order valence-corrected chi connectivity index (χ1v) is 8.16. The van der Waals surface area contributed by atoms with Crippen LogP contribution in [0.2, 0.25) is 10.0 Å². The number of ether oxygens (including phenoxy) is 1. The molecule has 3 rings (SSSR count). The highest BCUT2D eigenvalue weighted by atomic mass is 35.5. The maximum atomic E-state index is 6.33. The van der Waals surface area contributed by atoms with Crippen LogP contribution in [0.15, 0.2) is 30.9 Å². The fourth-order valence-corrected chi connectivity index (χ4v) is 3.24. The highest BCUT2D eigenvalue weighted by molar-refractivity contribution is 6.37. The SMILES string of the molecule is Clc1cccc(Cl)c1/C(=C/n1cncn1)OC1CCCCC1. The second-order valence-corrected chi connectivity index (χ2v) is 6.16. The quantitative estimate of drug-likeness (QED) is 0.745. The van der Waals surface area contributed by atoms with Gasteiger partial charge in [0.2, 0.25) is 0 Å². The van der Waals surface area contributed by atoms with Gasteiger partial charge in [-0.25, -0.2) is 9.67 Å². The van der Waals surface area contributed by atoms with E-state index in [1.54, 1.807) is 17.2 Å². The van der Waals surface area contributed by atoms with E-state index in [4.69, 9.17) is 27.9 Å². The third-order valence-corrected chi connectivity index (χ3v) is 4.37. The van der Waals surface area contributed by atoms with Crippen LogP contribution in [0.5, 0.6) is 0 Å². The van der Waals surface area contributed by atoms with Crippen molar-refractivity contribution in [2.24, 2.45) is 0 Å². The van der Waals surface area contributed by atoms with E-state index in [2.05, 4.69) is 10.1 Å². The van der Waals surface area contributed by atoms with Gasteiger partial charge in [0.15, 0.2) is 0 Å². The third-order valence-electron chi connectivity index (χ3n) is 3.74. The largest absolute Gasteiger partial charge is 0.488 e. The topological polar surface area (TPSA) is 39.9 Å². The van der Waals surface area contributed by atoms with Crippen LogP contribution in [0.3, 0.4) is 0 Å². The summed E-state index contributed by atoms with van der Waals surface area (Å²) in [6.07, 6.45) is 10.8. The summed E-state index contributed by atoms with van der Waals surface area (Å²) in [5.74, 6) is 0.632. The van der Waals surface area contributed by atoms with Gasteiger partial charge in [-0.05, 0) is 37.8 Å². The predicted molar refractivity (Wildman–Crippen MR) is 88.6 cm³/mol. The molecule has 2 aromatic rings. The van der Waals surface area contributed by atoms with Crippen LogP contribution in [0.4, 0.5) is 0 Å². The molecule has 1 saturated carbocycles. The van der Waals surface area contributed by atoms with Crippen LogP contribution < -0.4 is 0 Å². The maximum absolute atomic E-state index is 6.33. The summed E-state index contributed by atoms with van der Waals surface area (Å²) in [6.45, 7) is 0. The summed E-state index contributed by atoms with van der Waals surface area (Å²) < 4.78 is 7.81. The number of nitrogens with zero attached hydrogens (tertiary/aromatic N) is 3. The normalized spacial score (nSPS) is 16.7. The van der Waals surface area contributed by atoms with Gasteiger partial charge in [0.1, 0.15) is 18.4 Å². The second kappa shape index (κ2) is 7.16. The van der Waals surface area contributed by atoms with Gasteiger partial charge in [-0.15, -0.1) is 0 Å². The Balaban J connectivity index is 1.95. The van der Waals surface area contributed by atoms with Crippen LogP contribution in [0.25, 0.3) is 12.0 Å². The van der Waals surface area contributed by atoms with Gasteiger partial charge in [-0.3, -0.25) is 0 Å². The Morgan fingerprint density at radius 3 is 2.55 bits per heavy atom. The van der Waals surface area contributed by atoms with E-state index in [9.17, 15) is 0 Å². The molecular formula is C16H17Cl2N3O. The van der Waals surface area contributed by atoms with Gasteiger partial charge in [0.05, 0.1) is 27.9 Å². The molecule has 0 radical (unpaired) electrons. The Kier molecular flexibility index (Phi) is 5.01. The summed E-state index contributed by atoms with van der Waals surface area (Å²) in [6, 6.07) is 5.44. The van der Waals surface area contributed by atoms with Gasteiger partial charge in [-0.2, -0.15) is 5.10 Å². The van der Waals surface area contributed by atoms with Crippen LogP contribution in [0.1, 0.15) is 37.7 Å². The fourth-order valence-electron chi connectivity index (χ4n) is 2.65. The number of halogens is 2. The first-order chi connectivity index (χ1) is 10.7. The lowest BCUT2D eigenvalue weighted by Gasteiger charge is -2.25. The molecule has 116 valence electrons. The molecule has 0 unspecified atom stereocenters. The predicted octanol–water partition coefficient (Wildman–Crippen LogP) is 4.89. The van der Waals surface area contributed by atoms with Gasteiger partial charge in [0, 0.05) is 0 Å². The van der Waals surface area contributed by atoms with Crippen molar-refractivity contribution in [1.82, 2.24) is 14.8 Å². The molecule has 1 heterocycles. The zero-order valence-corrected chi connectivity index (χ0v) is 13.6. The summed E-state index contributed by atoms with van der Waals surface area (Å²) in [5.41, 5.74) is 0.701. The highest BCUT2D eigenvalue weighted by Crippen LogP contribution is 2.34. The van der Waals surface area contributed by atoms with Crippen molar-refractivity contribution >= 4 is 35.2 Å². The van der Waals surface area contributed by atoms with Crippen molar-refractivity contribution in [2.75, 3.05) is 0 Å². The van der Waals surface area contributed by atoms with Gasteiger partial charge < -0.3 is 4.74 Å². The van der Waals surface area contributed by atoms with Crippen molar-refractivity contribution < 1.29 is 4.74 Å². The van der Waals surface area contributed by atoms with E-state index in [1.165, 1.54) is 25.6 Å². The molecule has 1 aliphatic rings. The van der Waals surface area contributed by atoms with Gasteiger partial charge >= 0.3 is 0 Å². The Bertz CT molecular complexity index is 629. The van der Waals surface area contributed by atoms with Crippen molar-refractivity contribution in [2.45, 2.75) is 38.2 Å². The molecule has 1 aromatic carbocycles. The Hall–Kier alpha value is -1.52. The molecule has 0 bridgehead atoms. The van der Waals surface area contributed by atoms with Gasteiger partial charge in [0.25, 0.3) is 0 Å². The van der Waals surface area contributed by atoms with Crippen LogP contribution in [0, 0.1) is 0 Å². The highest BCUT2D eigenvalue weighted by Gasteiger charge is 2.20. The molecule has 0 N–H and O–H groups in total. The molecular weight excluding hydrogens is 321 g/mol. The Morgan fingerprint density at radius 2 is 1.91 bits per heavy atom. The lowest BCUT2D eigenvalue weighted by atomic mass is 9.97. The average Bonchev–Trinajstić information content (AvgIpc) is 3.01. The van der Waals surface area contributed by atoms with Crippen molar-refractivity contribution in [3.63, 3.8) is 0 Å². The average molecular weight is 338 g/mol. The third kappa shape index (κ3) is 3.62. The van der Waals surface area contributed by atoms with Crippen molar-refractivity contribution in [3.05, 3.63) is 46.5 Å². The molecule has 0 amide bonds. The fraction of sp³-hybridized carbons (Fsp3) is 0.375. The number of aromatic nitrogens is 3. The minimum Gasteiger partial charge on any atom is -0.488 e. The Morgan fingerprint density at radius 1 is 1.18 bits per heavy atom. The number of hydrogen-bond acceptors (Lipinski definition) is 3. The number of benzene rings is 1. The minimum atomic E-state index is 0.191. The summed E-state index contributed by atoms with van der Waals surface area (Å²) >= 11 is 12.7. The van der Waals surface area contributed by atoms with Gasteiger partial charge in [-0.1, -0.05) is 35.7 Å². The van der Waals surface area contributed by atoms with Crippen LogP contribution >= 0.6 is 23.2 Å². The first-order valence-electron chi connectivity index (χ1n) is 7.41. The van der Waals surface area contributed by atoms with E-state index in [-0.39, 0.29) is 6.10 Å². The molecule has 6 heteroatoms. The summed E-state index contributed by atoms with van der Waals surface area (Å²) in [5, 5.41) is 5.23. The van der Waals surface area contributed by atoms with E-state index in [0.29, 0.717) is 21.4 Å². The van der Waals surface area contributed by atoms with E-state index in [1.807, 2.05) is 18.2 Å².